The molecule has 0 saturated carbocycles. The van der Waals surface area contributed by atoms with Gasteiger partial charge in [-0.3, -0.25) is 0 Å². The summed E-state index contributed by atoms with van der Waals surface area (Å²) in [5, 5.41) is 3.86. The molecule has 0 unspecified atom stereocenters. The normalized spacial score (nSPS) is 12.0. The van der Waals surface area contributed by atoms with Crippen LogP contribution in [0.25, 0.3) is 0 Å². The molecule has 0 atom stereocenters. The van der Waals surface area contributed by atoms with Gasteiger partial charge < -0.3 is 4.57 Å². The number of unbranched alkanes of at least 4 members (excludes halogenated alkanes) is 1. The molecule has 2 aromatic heterocycles. The van der Waals surface area contributed by atoms with Crippen molar-refractivity contribution in [2.75, 3.05) is 0 Å². The third-order valence-corrected chi connectivity index (χ3v) is 5.78. The van der Waals surface area contributed by atoms with Crippen molar-refractivity contribution in [2.45, 2.75) is 51.1 Å². The Balaban J connectivity index is 2.40. The smallest absolute Gasteiger partial charge is 0.228 e. The van der Waals surface area contributed by atoms with Gasteiger partial charge in [-0.05, 0) is 20.3 Å². The third-order valence-electron chi connectivity index (χ3n) is 3.27. The Morgan fingerprint density at radius 2 is 2.05 bits per heavy atom. The molecule has 0 fully saturated rings. The van der Waals surface area contributed by atoms with Crippen molar-refractivity contribution in [2.24, 2.45) is 0 Å². The molecule has 21 heavy (non-hydrogen) atoms. The Bertz CT molecular complexity index is 737. The first kappa shape index (κ1) is 16.4. The highest BCUT2D eigenvalue weighted by Crippen LogP contribution is 2.24. The van der Waals surface area contributed by atoms with Gasteiger partial charge in [0.1, 0.15) is 15.8 Å². The fourth-order valence-electron chi connectivity index (χ4n) is 1.97. The summed E-state index contributed by atoms with van der Waals surface area (Å²) in [6, 6.07) is 0. The molecule has 0 aliphatic rings. The molecule has 0 amide bonds. The van der Waals surface area contributed by atoms with Crippen LogP contribution >= 0.6 is 23.1 Å². The predicted octanol–water partition coefficient (Wildman–Crippen LogP) is 2.78. The average molecular weight is 349 g/mol. The molecule has 9 heteroatoms. The van der Waals surface area contributed by atoms with Gasteiger partial charge in [0.25, 0.3) is 0 Å². The van der Waals surface area contributed by atoms with E-state index in [1.807, 2.05) is 13.8 Å². The van der Waals surface area contributed by atoms with Crippen molar-refractivity contribution < 1.29 is 8.42 Å². The maximum atomic E-state index is 12.6. The summed E-state index contributed by atoms with van der Waals surface area (Å²) in [6.45, 7) is 6.40. The van der Waals surface area contributed by atoms with Crippen molar-refractivity contribution in [3.05, 3.63) is 21.4 Å². The van der Waals surface area contributed by atoms with E-state index in [0.29, 0.717) is 10.9 Å². The van der Waals surface area contributed by atoms with Crippen LogP contribution < -0.4 is 0 Å². The Labute approximate surface area is 133 Å². The molecule has 2 rings (SSSR count). The largest absolute Gasteiger partial charge is 0.319 e. The second-order valence-electron chi connectivity index (χ2n) is 4.82. The van der Waals surface area contributed by atoms with Crippen molar-refractivity contribution in [1.29, 1.82) is 0 Å². The standard InChI is InChI=1S/C12H17ClN4O2S2/c1-4-5-6-17-9(3)8(2)14-12(17)21(18,19)7-10-11(13)20-16-15-10/h4-7H2,1-3H3. The van der Waals surface area contributed by atoms with Crippen molar-refractivity contribution >= 4 is 33.0 Å². The number of imidazole rings is 1. The number of hydrogen-bond donors (Lipinski definition) is 0. The molecule has 0 bridgehead atoms. The van der Waals surface area contributed by atoms with Gasteiger partial charge in [0.2, 0.25) is 15.0 Å². The van der Waals surface area contributed by atoms with E-state index in [2.05, 4.69) is 21.5 Å². The fraction of sp³-hybridized carbons (Fsp3) is 0.583. The molecule has 0 radical (unpaired) electrons. The van der Waals surface area contributed by atoms with Gasteiger partial charge in [0, 0.05) is 23.8 Å². The van der Waals surface area contributed by atoms with Crippen molar-refractivity contribution in [3.63, 3.8) is 0 Å². The Morgan fingerprint density at radius 1 is 1.33 bits per heavy atom. The quantitative estimate of drug-likeness (QED) is 0.802. The first-order valence-corrected chi connectivity index (χ1v) is 9.40. The van der Waals surface area contributed by atoms with Crippen LogP contribution in [0.1, 0.15) is 36.8 Å². The van der Waals surface area contributed by atoms with Crippen LogP contribution in [0.3, 0.4) is 0 Å². The van der Waals surface area contributed by atoms with Crippen LogP contribution in [0.2, 0.25) is 4.34 Å². The summed E-state index contributed by atoms with van der Waals surface area (Å²) in [7, 11) is -3.60. The third kappa shape index (κ3) is 3.44. The Hall–Kier alpha value is -0.990. The number of halogens is 1. The molecule has 6 nitrogen and oxygen atoms in total. The fourth-order valence-corrected chi connectivity index (χ4v) is 4.30. The lowest BCUT2D eigenvalue weighted by molar-refractivity contribution is 0.538. The molecular weight excluding hydrogens is 332 g/mol. The van der Waals surface area contributed by atoms with Gasteiger partial charge in [-0.15, -0.1) is 5.10 Å². The molecule has 0 saturated heterocycles. The monoisotopic (exact) mass is 348 g/mol. The number of rotatable bonds is 6. The molecule has 0 N–H and O–H groups in total. The second kappa shape index (κ2) is 6.41. The maximum absolute atomic E-state index is 12.6. The molecular formula is C12H17ClN4O2S2. The molecule has 0 aliphatic heterocycles. The van der Waals surface area contributed by atoms with Crippen molar-refractivity contribution in [3.8, 4) is 0 Å². The van der Waals surface area contributed by atoms with Gasteiger partial charge in [0.15, 0.2) is 0 Å². The summed E-state index contributed by atoms with van der Waals surface area (Å²) in [4.78, 5) is 4.23. The van der Waals surface area contributed by atoms with E-state index in [1.165, 1.54) is 0 Å². The van der Waals surface area contributed by atoms with Crippen LogP contribution in [0.15, 0.2) is 5.16 Å². The van der Waals surface area contributed by atoms with Gasteiger partial charge in [-0.1, -0.05) is 29.4 Å². The first-order valence-electron chi connectivity index (χ1n) is 6.60. The molecule has 0 aliphatic carbocycles. The highest BCUT2D eigenvalue weighted by atomic mass is 35.5. The lowest BCUT2D eigenvalue weighted by Crippen LogP contribution is -2.14. The lowest BCUT2D eigenvalue weighted by atomic mass is 10.3. The van der Waals surface area contributed by atoms with E-state index in [0.717, 1.165) is 35.8 Å². The minimum atomic E-state index is -3.60. The number of aromatic nitrogens is 4. The zero-order valence-electron chi connectivity index (χ0n) is 12.1. The first-order chi connectivity index (χ1) is 9.86. The SMILES string of the molecule is CCCCn1c(S(=O)(=O)Cc2nnsc2Cl)nc(C)c1C. The van der Waals surface area contributed by atoms with Crippen LogP contribution in [-0.4, -0.2) is 27.6 Å². The summed E-state index contributed by atoms with van der Waals surface area (Å²) in [5.74, 6) is -0.273. The highest BCUT2D eigenvalue weighted by Gasteiger charge is 2.26. The number of aryl methyl sites for hydroxylation is 1. The number of nitrogens with zero attached hydrogens (tertiary/aromatic N) is 4. The van der Waals surface area contributed by atoms with Crippen LogP contribution in [0.5, 0.6) is 0 Å². The Kier molecular flexibility index (Phi) is 5.00. The summed E-state index contributed by atoms with van der Waals surface area (Å²) >= 11 is 6.87. The lowest BCUT2D eigenvalue weighted by Gasteiger charge is -2.09. The van der Waals surface area contributed by atoms with Gasteiger partial charge in [0.05, 0.1) is 5.69 Å². The van der Waals surface area contributed by atoms with E-state index in [1.54, 1.807) is 4.57 Å². The summed E-state index contributed by atoms with van der Waals surface area (Å²) in [6.07, 6.45) is 1.89. The number of sulfone groups is 1. The minimum Gasteiger partial charge on any atom is -0.319 e. The average Bonchev–Trinajstić information content (AvgIpc) is 2.94. The van der Waals surface area contributed by atoms with Crippen molar-refractivity contribution in [1.82, 2.24) is 19.1 Å². The van der Waals surface area contributed by atoms with Gasteiger partial charge in [-0.2, -0.15) is 0 Å². The minimum absolute atomic E-state index is 0.0926. The molecule has 2 aromatic rings. The topological polar surface area (TPSA) is 77.7 Å². The van der Waals surface area contributed by atoms with E-state index < -0.39 is 9.84 Å². The van der Waals surface area contributed by atoms with Gasteiger partial charge >= 0.3 is 0 Å². The number of hydrogen-bond acceptors (Lipinski definition) is 6. The van der Waals surface area contributed by atoms with Crippen LogP contribution in [0.4, 0.5) is 0 Å². The highest BCUT2D eigenvalue weighted by molar-refractivity contribution is 7.90. The van der Waals surface area contributed by atoms with E-state index >= 15 is 0 Å². The predicted molar refractivity (Wildman–Crippen MR) is 82.4 cm³/mol. The van der Waals surface area contributed by atoms with E-state index in [9.17, 15) is 8.42 Å². The maximum Gasteiger partial charge on any atom is 0.228 e. The molecule has 116 valence electrons. The second-order valence-corrected chi connectivity index (χ2v) is 8.06. The Morgan fingerprint density at radius 3 is 2.62 bits per heavy atom. The molecule has 2 heterocycles. The zero-order chi connectivity index (χ0) is 15.6. The molecule has 0 aromatic carbocycles. The van der Waals surface area contributed by atoms with Crippen LogP contribution in [-0.2, 0) is 22.1 Å². The van der Waals surface area contributed by atoms with E-state index in [4.69, 9.17) is 11.6 Å². The molecule has 0 spiro atoms. The summed E-state index contributed by atoms with van der Waals surface area (Å²) < 4.78 is 30.9. The zero-order valence-corrected chi connectivity index (χ0v) is 14.5. The van der Waals surface area contributed by atoms with Crippen LogP contribution in [0, 0.1) is 13.8 Å². The summed E-state index contributed by atoms with van der Waals surface area (Å²) in [5.41, 5.74) is 1.89. The van der Waals surface area contributed by atoms with Gasteiger partial charge in [-0.25, -0.2) is 13.4 Å². The van der Waals surface area contributed by atoms with E-state index in [-0.39, 0.29) is 16.6 Å².